The molecule has 3 aromatic rings. The third-order valence-corrected chi connectivity index (χ3v) is 5.86. The Labute approximate surface area is 156 Å². The summed E-state index contributed by atoms with van der Waals surface area (Å²) in [5.74, 6) is 0.412. The Morgan fingerprint density at radius 2 is 1.88 bits per heavy atom. The first-order chi connectivity index (χ1) is 12.1. The van der Waals surface area contributed by atoms with E-state index in [2.05, 4.69) is 4.98 Å². The van der Waals surface area contributed by atoms with Crippen molar-refractivity contribution in [2.75, 3.05) is 0 Å². The maximum absolute atomic E-state index is 12.5. The van der Waals surface area contributed by atoms with Crippen LogP contribution in [0.15, 0.2) is 58.3 Å². The van der Waals surface area contributed by atoms with Crippen molar-refractivity contribution >= 4 is 29.1 Å². The molecule has 3 nitrogen and oxygen atoms in total. The highest BCUT2D eigenvalue weighted by molar-refractivity contribution is 8.00. The average Bonchev–Trinajstić information content (AvgIpc) is 3.05. The van der Waals surface area contributed by atoms with Gasteiger partial charge in [-0.05, 0) is 31.0 Å². The lowest BCUT2D eigenvalue weighted by molar-refractivity contribution is 0.0472. The molecule has 0 saturated carbocycles. The fraction of sp³-hybridized carbons (Fsp3) is 0.200. The van der Waals surface area contributed by atoms with E-state index in [1.165, 1.54) is 5.56 Å². The SMILES string of the molecule is Cc1ccc(COC(=O)c2ccccc2CSc2nc(C)cs2)cc1. The van der Waals surface area contributed by atoms with E-state index < -0.39 is 0 Å². The van der Waals surface area contributed by atoms with Crippen molar-refractivity contribution in [1.82, 2.24) is 4.98 Å². The summed E-state index contributed by atoms with van der Waals surface area (Å²) in [4.78, 5) is 16.9. The number of aryl methyl sites for hydroxylation is 2. The van der Waals surface area contributed by atoms with Crippen molar-refractivity contribution in [3.63, 3.8) is 0 Å². The molecule has 1 aromatic heterocycles. The van der Waals surface area contributed by atoms with Crippen LogP contribution in [0.5, 0.6) is 0 Å². The molecule has 5 heteroatoms. The van der Waals surface area contributed by atoms with E-state index in [1.54, 1.807) is 23.1 Å². The van der Waals surface area contributed by atoms with E-state index in [9.17, 15) is 4.79 Å². The number of hydrogen-bond donors (Lipinski definition) is 0. The minimum atomic E-state index is -0.285. The van der Waals surface area contributed by atoms with E-state index in [-0.39, 0.29) is 12.6 Å². The van der Waals surface area contributed by atoms with Crippen LogP contribution in [0.3, 0.4) is 0 Å². The molecule has 0 saturated heterocycles. The topological polar surface area (TPSA) is 39.2 Å². The molecular weight excluding hydrogens is 350 g/mol. The minimum Gasteiger partial charge on any atom is -0.457 e. The van der Waals surface area contributed by atoms with Gasteiger partial charge in [0, 0.05) is 16.8 Å². The summed E-state index contributed by atoms with van der Waals surface area (Å²) in [6.45, 7) is 4.30. The molecule has 0 aliphatic rings. The number of nitrogens with zero attached hydrogens (tertiary/aromatic N) is 1. The highest BCUT2D eigenvalue weighted by Gasteiger charge is 2.13. The number of thioether (sulfide) groups is 1. The Bertz CT molecular complexity index is 856. The molecule has 0 amide bonds. The number of hydrogen-bond acceptors (Lipinski definition) is 5. The van der Waals surface area contributed by atoms with Gasteiger partial charge in [0.25, 0.3) is 0 Å². The van der Waals surface area contributed by atoms with Gasteiger partial charge in [-0.3, -0.25) is 0 Å². The highest BCUT2D eigenvalue weighted by atomic mass is 32.2. The van der Waals surface area contributed by atoms with Gasteiger partial charge < -0.3 is 4.74 Å². The van der Waals surface area contributed by atoms with Crippen molar-refractivity contribution < 1.29 is 9.53 Å². The lowest BCUT2D eigenvalue weighted by Crippen LogP contribution is -2.08. The van der Waals surface area contributed by atoms with Crippen LogP contribution in [0.4, 0.5) is 0 Å². The van der Waals surface area contributed by atoms with Crippen LogP contribution in [0.1, 0.15) is 32.7 Å². The smallest absolute Gasteiger partial charge is 0.338 e. The largest absolute Gasteiger partial charge is 0.457 e. The van der Waals surface area contributed by atoms with Crippen LogP contribution in [0, 0.1) is 13.8 Å². The second-order valence-corrected chi connectivity index (χ2v) is 7.84. The number of benzene rings is 2. The van der Waals surface area contributed by atoms with Crippen LogP contribution in [-0.2, 0) is 17.1 Å². The third-order valence-electron chi connectivity index (χ3n) is 3.68. The van der Waals surface area contributed by atoms with Gasteiger partial charge in [-0.15, -0.1) is 11.3 Å². The summed E-state index contributed by atoms with van der Waals surface area (Å²) >= 11 is 3.27. The van der Waals surface area contributed by atoms with E-state index in [1.807, 2.05) is 67.8 Å². The van der Waals surface area contributed by atoms with Crippen molar-refractivity contribution in [2.24, 2.45) is 0 Å². The van der Waals surface area contributed by atoms with Crippen molar-refractivity contribution in [3.8, 4) is 0 Å². The molecule has 128 valence electrons. The number of carbonyl (C=O) groups excluding carboxylic acids is 1. The molecule has 0 spiro atoms. The van der Waals surface area contributed by atoms with Crippen LogP contribution in [-0.4, -0.2) is 11.0 Å². The molecule has 0 atom stereocenters. The van der Waals surface area contributed by atoms with Crippen LogP contribution in [0.2, 0.25) is 0 Å². The zero-order chi connectivity index (χ0) is 17.6. The first kappa shape index (κ1) is 17.7. The van der Waals surface area contributed by atoms with E-state index in [0.717, 1.165) is 21.2 Å². The van der Waals surface area contributed by atoms with Crippen LogP contribution in [0.25, 0.3) is 0 Å². The van der Waals surface area contributed by atoms with E-state index in [4.69, 9.17) is 4.74 Å². The molecule has 0 aliphatic carbocycles. The lowest BCUT2D eigenvalue weighted by atomic mass is 10.1. The Hall–Kier alpha value is -2.11. The second kappa shape index (κ2) is 8.32. The highest BCUT2D eigenvalue weighted by Crippen LogP contribution is 2.27. The fourth-order valence-corrected chi connectivity index (χ4v) is 4.15. The van der Waals surface area contributed by atoms with Gasteiger partial charge >= 0.3 is 5.97 Å². The number of carbonyl (C=O) groups is 1. The van der Waals surface area contributed by atoms with Crippen molar-refractivity contribution in [3.05, 3.63) is 81.9 Å². The molecule has 0 fully saturated rings. The van der Waals surface area contributed by atoms with Crippen molar-refractivity contribution in [2.45, 2.75) is 30.5 Å². The molecule has 0 N–H and O–H groups in total. The van der Waals surface area contributed by atoms with Crippen LogP contribution < -0.4 is 0 Å². The summed E-state index contributed by atoms with van der Waals surface area (Å²) in [6.07, 6.45) is 0. The molecule has 3 rings (SSSR count). The van der Waals surface area contributed by atoms with E-state index in [0.29, 0.717) is 11.3 Å². The van der Waals surface area contributed by atoms with E-state index >= 15 is 0 Å². The predicted octanol–water partition coefficient (Wildman–Crippen LogP) is 5.41. The third kappa shape index (κ3) is 4.94. The number of aromatic nitrogens is 1. The molecule has 0 unspecified atom stereocenters. The Balaban J connectivity index is 1.64. The first-order valence-corrected chi connectivity index (χ1v) is 9.84. The predicted molar refractivity (Wildman–Crippen MR) is 103 cm³/mol. The van der Waals surface area contributed by atoms with Gasteiger partial charge in [-0.2, -0.15) is 0 Å². The second-order valence-electron chi connectivity index (χ2n) is 5.76. The standard InChI is InChI=1S/C20H19NO2S2/c1-14-7-9-16(10-8-14)11-23-19(22)18-6-4-3-5-17(18)13-25-20-21-15(2)12-24-20/h3-10,12H,11,13H2,1-2H3. The molecule has 1 heterocycles. The molecule has 25 heavy (non-hydrogen) atoms. The summed E-state index contributed by atoms with van der Waals surface area (Å²) in [7, 11) is 0. The number of rotatable bonds is 6. The maximum Gasteiger partial charge on any atom is 0.338 e. The van der Waals surface area contributed by atoms with Gasteiger partial charge in [0.05, 0.1) is 5.56 Å². The van der Waals surface area contributed by atoms with Crippen molar-refractivity contribution in [1.29, 1.82) is 0 Å². The Morgan fingerprint density at radius 3 is 2.60 bits per heavy atom. The summed E-state index contributed by atoms with van der Waals surface area (Å²) in [5.41, 5.74) is 4.79. The lowest BCUT2D eigenvalue weighted by Gasteiger charge is -2.09. The summed E-state index contributed by atoms with van der Waals surface area (Å²) in [5, 5.41) is 2.03. The molecule has 0 bridgehead atoms. The minimum absolute atomic E-state index is 0.284. The quantitative estimate of drug-likeness (QED) is 0.430. The first-order valence-electron chi connectivity index (χ1n) is 7.97. The fourth-order valence-electron chi connectivity index (χ4n) is 2.29. The maximum atomic E-state index is 12.5. The number of thiazole rings is 1. The number of ether oxygens (including phenoxy) is 1. The molecule has 2 aromatic carbocycles. The zero-order valence-electron chi connectivity index (χ0n) is 14.2. The molecular formula is C20H19NO2S2. The molecule has 0 aliphatic heterocycles. The van der Waals surface area contributed by atoms with Crippen LogP contribution >= 0.6 is 23.1 Å². The van der Waals surface area contributed by atoms with Gasteiger partial charge in [0.15, 0.2) is 0 Å². The van der Waals surface area contributed by atoms with Gasteiger partial charge in [0.2, 0.25) is 0 Å². The normalized spacial score (nSPS) is 10.6. The summed E-state index contributed by atoms with van der Waals surface area (Å²) < 4.78 is 6.50. The van der Waals surface area contributed by atoms with Gasteiger partial charge in [-0.1, -0.05) is 59.8 Å². The Kier molecular flexibility index (Phi) is 5.89. The average molecular weight is 370 g/mol. The molecule has 0 radical (unpaired) electrons. The van der Waals surface area contributed by atoms with Gasteiger partial charge in [0.1, 0.15) is 10.9 Å². The zero-order valence-corrected chi connectivity index (χ0v) is 15.8. The van der Waals surface area contributed by atoms with Gasteiger partial charge in [-0.25, -0.2) is 9.78 Å². The monoisotopic (exact) mass is 369 g/mol. The number of esters is 1. The summed E-state index contributed by atoms with van der Waals surface area (Å²) in [6, 6.07) is 15.6. The Morgan fingerprint density at radius 1 is 1.12 bits per heavy atom.